The van der Waals surface area contributed by atoms with Crippen LogP contribution >= 0.6 is 0 Å². The van der Waals surface area contributed by atoms with Crippen LogP contribution in [0.3, 0.4) is 0 Å². The van der Waals surface area contributed by atoms with Gasteiger partial charge in [-0.05, 0) is 31.2 Å². The summed E-state index contributed by atoms with van der Waals surface area (Å²) in [4.78, 5) is 8.92. The Bertz CT molecular complexity index is 949. The van der Waals surface area contributed by atoms with Crippen LogP contribution in [-0.4, -0.2) is 14.4 Å². The third kappa shape index (κ3) is 2.76. The highest BCUT2D eigenvalue weighted by molar-refractivity contribution is 5.65. The molecule has 0 aliphatic carbocycles. The zero-order valence-electron chi connectivity index (χ0n) is 13.7. The SMILES string of the molecule is Cc1nc(C)c(CNc2ccc(-c3cn4ccccc4n3)cc2)o1. The predicted molar refractivity (Wildman–Crippen MR) is 93.9 cm³/mol. The molecule has 1 N–H and O–H groups in total. The lowest BCUT2D eigenvalue weighted by atomic mass is 10.1. The van der Waals surface area contributed by atoms with Crippen molar-refractivity contribution in [2.45, 2.75) is 20.4 Å². The van der Waals surface area contributed by atoms with E-state index in [2.05, 4.69) is 39.6 Å². The Hall–Kier alpha value is -3.08. The largest absolute Gasteiger partial charge is 0.444 e. The number of nitrogens with zero attached hydrogens (tertiary/aromatic N) is 3. The summed E-state index contributed by atoms with van der Waals surface area (Å²) in [5.41, 5.74) is 4.98. The Morgan fingerprint density at radius 3 is 2.58 bits per heavy atom. The van der Waals surface area contributed by atoms with Crippen molar-refractivity contribution >= 4 is 11.3 Å². The van der Waals surface area contributed by atoms with Crippen molar-refractivity contribution in [2.24, 2.45) is 0 Å². The lowest BCUT2D eigenvalue weighted by Gasteiger charge is -2.05. The van der Waals surface area contributed by atoms with E-state index in [4.69, 9.17) is 4.42 Å². The first-order valence-electron chi connectivity index (χ1n) is 7.90. The summed E-state index contributed by atoms with van der Waals surface area (Å²) in [5, 5.41) is 3.36. The Labute approximate surface area is 140 Å². The second-order valence-corrected chi connectivity index (χ2v) is 5.76. The number of imidazole rings is 1. The molecule has 0 aliphatic rings. The van der Waals surface area contributed by atoms with E-state index in [0.717, 1.165) is 34.0 Å². The lowest BCUT2D eigenvalue weighted by Crippen LogP contribution is -1.99. The molecule has 120 valence electrons. The Balaban J connectivity index is 1.51. The summed E-state index contributed by atoms with van der Waals surface area (Å²) in [6.07, 6.45) is 4.04. The van der Waals surface area contributed by atoms with Crippen molar-refractivity contribution in [2.75, 3.05) is 5.32 Å². The van der Waals surface area contributed by atoms with Gasteiger partial charge >= 0.3 is 0 Å². The highest BCUT2D eigenvalue weighted by Crippen LogP contribution is 2.22. The van der Waals surface area contributed by atoms with Gasteiger partial charge in [0, 0.05) is 30.6 Å². The summed E-state index contributed by atoms with van der Waals surface area (Å²) in [5.74, 6) is 1.57. The van der Waals surface area contributed by atoms with Gasteiger partial charge in [0.2, 0.25) is 0 Å². The van der Waals surface area contributed by atoms with Gasteiger partial charge in [0.05, 0.1) is 17.9 Å². The maximum absolute atomic E-state index is 5.58. The molecule has 5 nitrogen and oxygen atoms in total. The average Bonchev–Trinajstić information content (AvgIpc) is 3.16. The number of pyridine rings is 1. The molecule has 0 amide bonds. The summed E-state index contributed by atoms with van der Waals surface area (Å²) in [6, 6.07) is 14.2. The zero-order chi connectivity index (χ0) is 16.5. The van der Waals surface area contributed by atoms with Crippen LogP contribution in [0, 0.1) is 13.8 Å². The maximum Gasteiger partial charge on any atom is 0.191 e. The molecule has 3 aromatic heterocycles. The van der Waals surface area contributed by atoms with E-state index >= 15 is 0 Å². The molecular formula is C19H18N4O. The van der Waals surface area contributed by atoms with Gasteiger partial charge in [-0.3, -0.25) is 0 Å². The molecule has 0 radical (unpaired) electrons. The average molecular weight is 318 g/mol. The molecule has 0 saturated carbocycles. The number of anilines is 1. The van der Waals surface area contributed by atoms with Gasteiger partial charge in [-0.1, -0.05) is 18.2 Å². The van der Waals surface area contributed by atoms with Gasteiger partial charge in [-0.2, -0.15) is 0 Å². The number of hydrogen-bond donors (Lipinski definition) is 1. The van der Waals surface area contributed by atoms with E-state index in [1.54, 1.807) is 0 Å². The van der Waals surface area contributed by atoms with Crippen LogP contribution in [0.4, 0.5) is 5.69 Å². The fourth-order valence-corrected chi connectivity index (χ4v) is 2.75. The van der Waals surface area contributed by atoms with Gasteiger partial charge in [-0.15, -0.1) is 0 Å². The van der Waals surface area contributed by atoms with Crippen LogP contribution in [0.5, 0.6) is 0 Å². The fourth-order valence-electron chi connectivity index (χ4n) is 2.75. The van der Waals surface area contributed by atoms with Crippen molar-refractivity contribution in [3.05, 3.63) is 72.2 Å². The highest BCUT2D eigenvalue weighted by atomic mass is 16.4. The predicted octanol–water partition coefficient (Wildman–Crippen LogP) is 4.22. The molecule has 0 atom stereocenters. The first-order chi connectivity index (χ1) is 11.7. The monoisotopic (exact) mass is 318 g/mol. The summed E-state index contributed by atoms with van der Waals surface area (Å²) >= 11 is 0. The van der Waals surface area contributed by atoms with Crippen molar-refractivity contribution in [1.29, 1.82) is 0 Å². The summed E-state index contributed by atoms with van der Waals surface area (Å²) in [7, 11) is 0. The molecule has 3 heterocycles. The molecule has 0 fully saturated rings. The van der Waals surface area contributed by atoms with Crippen LogP contribution < -0.4 is 5.32 Å². The smallest absolute Gasteiger partial charge is 0.191 e. The minimum Gasteiger partial charge on any atom is -0.444 e. The number of aromatic nitrogens is 3. The van der Waals surface area contributed by atoms with E-state index in [1.165, 1.54) is 0 Å². The molecule has 0 spiro atoms. The summed E-state index contributed by atoms with van der Waals surface area (Å²) in [6.45, 7) is 4.44. The zero-order valence-corrected chi connectivity index (χ0v) is 13.7. The van der Waals surface area contributed by atoms with Gasteiger partial charge in [0.25, 0.3) is 0 Å². The summed E-state index contributed by atoms with van der Waals surface area (Å²) < 4.78 is 7.60. The molecule has 0 saturated heterocycles. The van der Waals surface area contributed by atoms with Crippen molar-refractivity contribution < 1.29 is 4.42 Å². The number of rotatable bonds is 4. The first-order valence-corrected chi connectivity index (χ1v) is 7.90. The minimum absolute atomic E-state index is 0.625. The molecule has 0 unspecified atom stereocenters. The number of oxazole rings is 1. The topological polar surface area (TPSA) is 55.4 Å². The number of benzene rings is 1. The van der Waals surface area contributed by atoms with E-state index in [1.807, 2.05) is 48.8 Å². The molecule has 4 aromatic rings. The van der Waals surface area contributed by atoms with Gasteiger partial charge in [-0.25, -0.2) is 9.97 Å². The second kappa shape index (κ2) is 5.85. The molecule has 4 rings (SSSR count). The molecular weight excluding hydrogens is 300 g/mol. The van der Waals surface area contributed by atoms with E-state index in [9.17, 15) is 0 Å². The Kier molecular flexibility index (Phi) is 3.54. The fraction of sp³-hybridized carbons (Fsp3) is 0.158. The highest BCUT2D eigenvalue weighted by Gasteiger charge is 2.07. The van der Waals surface area contributed by atoms with Crippen LogP contribution in [-0.2, 0) is 6.54 Å². The van der Waals surface area contributed by atoms with Crippen molar-refractivity contribution in [3.8, 4) is 11.3 Å². The molecule has 5 heteroatoms. The Morgan fingerprint density at radius 1 is 1.04 bits per heavy atom. The molecule has 24 heavy (non-hydrogen) atoms. The normalized spacial score (nSPS) is 11.1. The van der Waals surface area contributed by atoms with Crippen molar-refractivity contribution in [1.82, 2.24) is 14.4 Å². The first kappa shape index (κ1) is 14.5. The van der Waals surface area contributed by atoms with E-state index < -0.39 is 0 Å². The van der Waals surface area contributed by atoms with Gasteiger partial charge < -0.3 is 14.1 Å². The van der Waals surface area contributed by atoms with Crippen LogP contribution in [0.1, 0.15) is 17.3 Å². The number of nitrogens with one attached hydrogen (secondary N) is 1. The maximum atomic E-state index is 5.58. The van der Waals surface area contributed by atoms with Crippen molar-refractivity contribution in [3.63, 3.8) is 0 Å². The van der Waals surface area contributed by atoms with E-state index in [-0.39, 0.29) is 0 Å². The number of fused-ring (bicyclic) bond motifs is 1. The second-order valence-electron chi connectivity index (χ2n) is 5.76. The van der Waals surface area contributed by atoms with Crippen LogP contribution in [0.2, 0.25) is 0 Å². The number of hydrogen-bond acceptors (Lipinski definition) is 4. The Morgan fingerprint density at radius 2 is 1.88 bits per heavy atom. The molecule has 0 bridgehead atoms. The van der Waals surface area contributed by atoms with Gasteiger partial charge in [0.15, 0.2) is 5.89 Å². The molecule has 1 aromatic carbocycles. The quantitative estimate of drug-likeness (QED) is 0.612. The minimum atomic E-state index is 0.625. The lowest BCUT2D eigenvalue weighted by molar-refractivity contribution is 0.480. The van der Waals surface area contributed by atoms with Crippen LogP contribution in [0.15, 0.2) is 59.3 Å². The van der Waals surface area contributed by atoms with Gasteiger partial charge in [0.1, 0.15) is 11.4 Å². The molecule has 0 aliphatic heterocycles. The third-order valence-electron chi connectivity index (χ3n) is 4.00. The standard InChI is InChI=1S/C19H18N4O/c1-13-18(24-14(2)21-13)11-20-16-8-6-15(7-9-16)17-12-23-10-4-3-5-19(23)22-17/h3-10,12,20H,11H2,1-2H3. The third-order valence-corrected chi connectivity index (χ3v) is 4.00. The number of aryl methyl sites for hydroxylation is 2. The van der Waals surface area contributed by atoms with E-state index in [0.29, 0.717) is 12.4 Å². The van der Waals surface area contributed by atoms with Crippen LogP contribution in [0.25, 0.3) is 16.9 Å².